The number of likely N-dealkylation sites (N-methyl/N-ethyl adjacent to an activating group) is 1. The lowest BCUT2D eigenvalue weighted by Gasteiger charge is -2.16. The largest absolute Gasteiger partial charge is 0.495 e. The third kappa shape index (κ3) is 3.53. The van der Waals surface area contributed by atoms with E-state index in [1.807, 2.05) is 36.2 Å². The lowest BCUT2D eigenvalue weighted by Crippen LogP contribution is -2.30. The van der Waals surface area contributed by atoms with Crippen LogP contribution in [0.2, 0.25) is 0 Å². The number of fused-ring (bicyclic) bond motifs is 1. The zero-order chi connectivity index (χ0) is 16.2. The standard InChI is InChI=1S/C17H22N4O2/c1-21(10-15-12-6-5-8-13(12)19-20-15)11-17(22)18-14-7-3-4-9-16(14)23-2/h3-4,7,9H,5-6,8,10-11H2,1-2H3,(H,18,22)(H,19,20). The van der Waals surface area contributed by atoms with Gasteiger partial charge in [-0.3, -0.25) is 14.8 Å². The molecule has 0 bridgehead atoms. The minimum Gasteiger partial charge on any atom is -0.495 e. The Kier molecular flexibility index (Phi) is 4.62. The molecule has 6 heteroatoms. The number of aromatic amines is 1. The molecule has 0 radical (unpaired) electrons. The van der Waals surface area contributed by atoms with Gasteiger partial charge in [-0.2, -0.15) is 5.10 Å². The zero-order valence-corrected chi connectivity index (χ0v) is 13.6. The van der Waals surface area contributed by atoms with Gasteiger partial charge in [0.1, 0.15) is 5.75 Å². The molecule has 0 aliphatic heterocycles. The summed E-state index contributed by atoms with van der Waals surface area (Å²) < 4.78 is 5.24. The van der Waals surface area contributed by atoms with Crippen LogP contribution in [0, 0.1) is 0 Å². The van der Waals surface area contributed by atoms with Crippen LogP contribution >= 0.6 is 0 Å². The number of amides is 1. The van der Waals surface area contributed by atoms with E-state index in [1.165, 1.54) is 17.7 Å². The molecule has 1 amide bonds. The van der Waals surface area contributed by atoms with Gasteiger partial charge in [0, 0.05) is 12.2 Å². The number of carbonyl (C=O) groups excluding carboxylic acids is 1. The van der Waals surface area contributed by atoms with E-state index in [1.54, 1.807) is 7.11 Å². The van der Waals surface area contributed by atoms with Crippen LogP contribution in [-0.2, 0) is 24.2 Å². The number of benzene rings is 1. The molecule has 6 nitrogen and oxygen atoms in total. The molecule has 1 aliphatic rings. The van der Waals surface area contributed by atoms with Gasteiger partial charge in [0.2, 0.25) is 5.91 Å². The molecule has 0 fully saturated rings. The molecule has 0 saturated heterocycles. The number of nitrogens with zero attached hydrogens (tertiary/aromatic N) is 2. The van der Waals surface area contributed by atoms with Crippen molar-refractivity contribution in [3.8, 4) is 5.75 Å². The van der Waals surface area contributed by atoms with Crippen LogP contribution in [0.1, 0.15) is 23.4 Å². The van der Waals surface area contributed by atoms with Gasteiger partial charge in [-0.1, -0.05) is 12.1 Å². The van der Waals surface area contributed by atoms with Crippen molar-refractivity contribution >= 4 is 11.6 Å². The Morgan fingerprint density at radius 1 is 1.39 bits per heavy atom. The topological polar surface area (TPSA) is 70.2 Å². The fourth-order valence-electron chi connectivity index (χ4n) is 3.01. The van der Waals surface area contributed by atoms with Crippen molar-refractivity contribution in [2.75, 3.05) is 26.0 Å². The first-order chi connectivity index (χ1) is 11.2. The van der Waals surface area contributed by atoms with Gasteiger partial charge in [0.05, 0.1) is 25.0 Å². The summed E-state index contributed by atoms with van der Waals surface area (Å²) in [5, 5.41) is 10.4. The Hall–Kier alpha value is -2.34. The molecule has 0 unspecified atom stereocenters. The molecule has 0 saturated carbocycles. The van der Waals surface area contributed by atoms with Gasteiger partial charge < -0.3 is 10.1 Å². The number of aromatic nitrogens is 2. The molecule has 1 aromatic heterocycles. The van der Waals surface area contributed by atoms with Gasteiger partial charge in [0.25, 0.3) is 0 Å². The number of para-hydroxylation sites is 2. The molecule has 2 N–H and O–H groups in total. The summed E-state index contributed by atoms with van der Waals surface area (Å²) in [5.41, 5.74) is 4.34. The Morgan fingerprint density at radius 2 is 2.22 bits per heavy atom. The molecule has 0 spiro atoms. The van der Waals surface area contributed by atoms with E-state index in [0.717, 1.165) is 18.5 Å². The van der Waals surface area contributed by atoms with Crippen LogP contribution in [0.5, 0.6) is 5.75 Å². The van der Waals surface area contributed by atoms with Crippen molar-refractivity contribution in [1.29, 1.82) is 0 Å². The maximum Gasteiger partial charge on any atom is 0.238 e. The number of nitrogens with one attached hydrogen (secondary N) is 2. The number of hydrogen-bond donors (Lipinski definition) is 2. The van der Waals surface area contributed by atoms with Crippen LogP contribution in [0.4, 0.5) is 5.69 Å². The van der Waals surface area contributed by atoms with E-state index in [9.17, 15) is 4.79 Å². The van der Waals surface area contributed by atoms with E-state index >= 15 is 0 Å². The molecule has 1 heterocycles. The third-order valence-electron chi connectivity index (χ3n) is 4.11. The van der Waals surface area contributed by atoms with Gasteiger partial charge in [-0.05, 0) is 44.0 Å². The minimum atomic E-state index is -0.0656. The van der Waals surface area contributed by atoms with Crippen LogP contribution in [0.3, 0.4) is 0 Å². The molecule has 1 aromatic carbocycles. The molecular formula is C17H22N4O2. The number of hydrogen-bond acceptors (Lipinski definition) is 4. The fraction of sp³-hybridized carbons (Fsp3) is 0.412. The van der Waals surface area contributed by atoms with E-state index in [0.29, 0.717) is 24.5 Å². The minimum absolute atomic E-state index is 0.0656. The van der Waals surface area contributed by atoms with Crippen LogP contribution in [-0.4, -0.2) is 41.7 Å². The van der Waals surface area contributed by atoms with Gasteiger partial charge in [-0.25, -0.2) is 0 Å². The molecule has 23 heavy (non-hydrogen) atoms. The molecule has 0 atom stereocenters. The Morgan fingerprint density at radius 3 is 3.04 bits per heavy atom. The highest BCUT2D eigenvalue weighted by atomic mass is 16.5. The SMILES string of the molecule is COc1ccccc1NC(=O)CN(C)Cc1n[nH]c2c1CCC2. The summed E-state index contributed by atoms with van der Waals surface area (Å²) in [7, 11) is 3.52. The Labute approximate surface area is 135 Å². The second-order valence-corrected chi connectivity index (χ2v) is 5.90. The third-order valence-corrected chi connectivity index (χ3v) is 4.11. The normalized spacial score (nSPS) is 13.2. The number of anilines is 1. The molecule has 1 aliphatic carbocycles. The van der Waals surface area contributed by atoms with Crippen molar-refractivity contribution in [2.45, 2.75) is 25.8 Å². The number of H-pyrrole nitrogens is 1. The highest BCUT2D eigenvalue weighted by Gasteiger charge is 2.19. The molecule has 2 aromatic rings. The summed E-state index contributed by atoms with van der Waals surface area (Å²) in [6, 6.07) is 7.40. The van der Waals surface area contributed by atoms with Crippen molar-refractivity contribution in [3.63, 3.8) is 0 Å². The lowest BCUT2D eigenvalue weighted by atomic mass is 10.2. The number of aryl methyl sites for hydroxylation is 1. The van der Waals surface area contributed by atoms with Crippen LogP contribution < -0.4 is 10.1 Å². The number of carbonyl (C=O) groups is 1. The Bertz CT molecular complexity index is 696. The van der Waals surface area contributed by atoms with Crippen molar-refractivity contribution in [3.05, 3.63) is 41.2 Å². The first-order valence-corrected chi connectivity index (χ1v) is 7.83. The fourth-order valence-corrected chi connectivity index (χ4v) is 3.01. The summed E-state index contributed by atoms with van der Waals surface area (Å²) in [6.07, 6.45) is 3.36. The summed E-state index contributed by atoms with van der Waals surface area (Å²) in [6.45, 7) is 0.977. The number of methoxy groups -OCH3 is 1. The molecule has 3 rings (SSSR count). The van der Waals surface area contributed by atoms with E-state index in [-0.39, 0.29) is 5.91 Å². The number of ether oxygens (including phenoxy) is 1. The summed E-state index contributed by atoms with van der Waals surface area (Å²) >= 11 is 0. The van der Waals surface area contributed by atoms with E-state index < -0.39 is 0 Å². The van der Waals surface area contributed by atoms with E-state index in [2.05, 4.69) is 15.5 Å². The maximum absolute atomic E-state index is 12.2. The predicted molar refractivity (Wildman–Crippen MR) is 88.6 cm³/mol. The average molecular weight is 314 g/mol. The van der Waals surface area contributed by atoms with Crippen molar-refractivity contribution in [2.24, 2.45) is 0 Å². The molecular weight excluding hydrogens is 292 g/mol. The van der Waals surface area contributed by atoms with Crippen LogP contribution in [0.15, 0.2) is 24.3 Å². The van der Waals surface area contributed by atoms with Gasteiger partial charge in [-0.15, -0.1) is 0 Å². The lowest BCUT2D eigenvalue weighted by molar-refractivity contribution is -0.117. The predicted octanol–water partition coefficient (Wildman–Crippen LogP) is 1.98. The zero-order valence-electron chi connectivity index (χ0n) is 13.6. The quantitative estimate of drug-likeness (QED) is 0.855. The first-order valence-electron chi connectivity index (χ1n) is 7.83. The maximum atomic E-state index is 12.2. The van der Waals surface area contributed by atoms with Crippen molar-refractivity contribution in [1.82, 2.24) is 15.1 Å². The van der Waals surface area contributed by atoms with Gasteiger partial charge >= 0.3 is 0 Å². The smallest absolute Gasteiger partial charge is 0.238 e. The summed E-state index contributed by atoms with van der Waals surface area (Å²) in [5.74, 6) is 0.595. The highest BCUT2D eigenvalue weighted by molar-refractivity contribution is 5.93. The monoisotopic (exact) mass is 314 g/mol. The first kappa shape index (κ1) is 15.6. The average Bonchev–Trinajstić information content (AvgIpc) is 3.13. The second-order valence-electron chi connectivity index (χ2n) is 5.90. The second kappa shape index (κ2) is 6.83. The molecule has 122 valence electrons. The van der Waals surface area contributed by atoms with Crippen LogP contribution in [0.25, 0.3) is 0 Å². The summed E-state index contributed by atoms with van der Waals surface area (Å²) in [4.78, 5) is 14.2. The van der Waals surface area contributed by atoms with Crippen molar-refractivity contribution < 1.29 is 9.53 Å². The highest BCUT2D eigenvalue weighted by Crippen LogP contribution is 2.24. The Balaban J connectivity index is 1.57. The number of rotatable bonds is 6. The van der Waals surface area contributed by atoms with E-state index in [4.69, 9.17) is 4.74 Å². The van der Waals surface area contributed by atoms with Gasteiger partial charge in [0.15, 0.2) is 0 Å².